The summed E-state index contributed by atoms with van der Waals surface area (Å²) in [5, 5.41) is 0. The molecule has 1 atom stereocenters. The smallest absolute Gasteiger partial charge is 0.245 e. The van der Waals surface area contributed by atoms with Gasteiger partial charge in [-0.05, 0) is 37.5 Å². The van der Waals surface area contributed by atoms with Gasteiger partial charge in [0.2, 0.25) is 11.8 Å². The molecule has 0 bridgehead atoms. The Bertz CT molecular complexity index is 644. The average Bonchev–Trinajstić information content (AvgIpc) is 2.60. The number of fused-ring (bicyclic) bond motifs is 1. The molecular formula is C18H27ClN4O2. The van der Waals surface area contributed by atoms with E-state index in [9.17, 15) is 9.59 Å². The van der Waals surface area contributed by atoms with Crippen LogP contribution in [0, 0.1) is 0 Å². The maximum Gasteiger partial charge on any atom is 0.245 e. The van der Waals surface area contributed by atoms with Crippen molar-refractivity contribution in [3.63, 3.8) is 0 Å². The molecule has 2 aliphatic rings. The third-order valence-electron chi connectivity index (χ3n) is 5.18. The minimum Gasteiger partial charge on any atom is -0.398 e. The molecule has 138 valence electrons. The van der Waals surface area contributed by atoms with Gasteiger partial charge in [-0.15, -0.1) is 12.4 Å². The lowest BCUT2D eigenvalue weighted by Crippen LogP contribution is -2.55. The van der Waals surface area contributed by atoms with E-state index in [0.29, 0.717) is 26.2 Å². The van der Waals surface area contributed by atoms with Crippen molar-refractivity contribution in [3.8, 4) is 0 Å². The normalized spacial score (nSPS) is 18.2. The maximum absolute atomic E-state index is 12.9. The van der Waals surface area contributed by atoms with Crippen LogP contribution in [0.25, 0.3) is 0 Å². The van der Waals surface area contributed by atoms with Gasteiger partial charge in [0.1, 0.15) is 6.04 Å². The fraction of sp³-hybridized carbons (Fsp3) is 0.556. The second-order valence-corrected chi connectivity index (χ2v) is 6.65. The van der Waals surface area contributed by atoms with Gasteiger partial charge >= 0.3 is 0 Å². The summed E-state index contributed by atoms with van der Waals surface area (Å²) < 4.78 is 0. The number of amides is 2. The van der Waals surface area contributed by atoms with Crippen molar-refractivity contribution in [1.29, 1.82) is 0 Å². The molecule has 0 radical (unpaired) electrons. The van der Waals surface area contributed by atoms with E-state index < -0.39 is 0 Å². The van der Waals surface area contributed by atoms with Crippen LogP contribution in [0.15, 0.2) is 18.2 Å². The van der Waals surface area contributed by atoms with E-state index in [2.05, 4.69) is 11.0 Å². The van der Waals surface area contributed by atoms with E-state index in [1.807, 2.05) is 24.0 Å². The Labute approximate surface area is 155 Å². The highest BCUT2D eigenvalue weighted by atomic mass is 35.5. The molecule has 6 nitrogen and oxygen atoms in total. The van der Waals surface area contributed by atoms with Crippen molar-refractivity contribution in [2.24, 2.45) is 0 Å². The highest BCUT2D eigenvalue weighted by Gasteiger charge is 2.31. The predicted molar refractivity (Wildman–Crippen MR) is 102 cm³/mol. The number of hydrogen-bond donors (Lipinski definition) is 1. The van der Waals surface area contributed by atoms with Crippen molar-refractivity contribution in [2.75, 3.05) is 43.4 Å². The number of nitrogen functional groups attached to an aromatic ring is 1. The number of halogens is 1. The highest BCUT2D eigenvalue weighted by molar-refractivity contribution is 5.86. The SMILES string of the molecule is CC(=O)N1CCN(C(=O)C(C)N2CCCc3c(N)cccc32)CC1.Cl. The zero-order chi connectivity index (χ0) is 17.3. The zero-order valence-corrected chi connectivity index (χ0v) is 15.7. The first kappa shape index (κ1) is 19.4. The van der Waals surface area contributed by atoms with E-state index in [0.717, 1.165) is 36.3 Å². The number of nitrogens with zero attached hydrogens (tertiary/aromatic N) is 3. The Morgan fingerprint density at radius 1 is 1.08 bits per heavy atom. The first-order valence-electron chi connectivity index (χ1n) is 8.67. The molecule has 3 rings (SSSR count). The van der Waals surface area contributed by atoms with Gasteiger partial charge in [0.05, 0.1) is 0 Å². The summed E-state index contributed by atoms with van der Waals surface area (Å²) in [6, 6.07) is 5.72. The molecule has 1 aromatic carbocycles. The zero-order valence-electron chi connectivity index (χ0n) is 14.9. The molecule has 0 spiro atoms. The molecule has 1 saturated heterocycles. The number of nitrogens with two attached hydrogens (primary N) is 1. The largest absolute Gasteiger partial charge is 0.398 e. The number of carbonyl (C=O) groups is 2. The summed E-state index contributed by atoms with van der Waals surface area (Å²) in [5.74, 6) is 0.212. The van der Waals surface area contributed by atoms with Gasteiger partial charge in [0.25, 0.3) is 0 Å². The van der Waals surface area contributed by atoms with Crippen LogP contribution in [0.3, 0.4) is 0 Å². The Morgan fingerprint density at radius 2 is 1.72 bits per heavy atom. The fourth-order valence-corrected chi connectivity index (χ4v) is 3.72. The van der Waals surface area contributed by atoms with Gasteiger partial charge in [0.15, 0.2) is 0 Å². The minimum absolute atomic E-state index is 0. The van der Waals surface area contributed by atoms with Crippen LogP contribution in [-0.4, -0.2) is 60.4 Å². The molecule has 1 unspecified atom stereocenters. The summed E-state index contributed by atoms with van der Waals surface area (Å²) in [4.78, 5) is 30.2. The Balaban J connectivity index is 0.00000225. The van der Waals surface area contributed by atoms with Gasteiger partial charge in [-0.25, -0.2) is 0 Å². The molecule has 0 aromatic heterocycles. The number of carbonyl (C=O) groups excluding carboxylic acids is 2. The van der Waals surface area contributed by atoms with Crippen molar-refractivity contribution in [1.82, 2.24) is 9.80 Å². The number of rotatable bonds is 2. The van der Waals surface area contributed by atoms with Crippen molar-refractivity contribution in [3.05, 3.63) is 23.8 Å². The summed E-state index contributed by atoms with van der Waals surface area (Å²) in [6.07, 6.45) is 1.98. The third kappa shape index (κ3) is 3.84. The van der Waals surface area contributed by atoms with E-state index >= 15 is 0 Å². The molecule has 1 aromatic rings. The lowest BCUT2D eigenvalue weighted by Gasteiger charge is -2.40. The molecule has 2 aliphatic heterocycles. The Hall–Kier alpha value is -1.95. The number of benzene rings is 1. The molecule has 2 N–H and O–H groups in total. The Morgan fingerprint density at radius 3 is 2.36 bits per heavy atom. The molecular weight excluding hydrogens is 340 g/mol. The monoisotopic (exact) mass is 366 g/mol. The molecule has 2 amide bonds. The lowest BCUT2D eigenvalue weighted by molar-refractivity contribution is -0.139. The fourth-order valence-electron chi connectivity index (χ4n) is 3.72. The topological polar surface area (TPSA) is 69.9 Å². The van der Waals surface area contributed by atoms with Crippen LogP contribution < -0.4 is 10.6 Å². The minimum atomic E-state index is -0.213. The Kier molecular flexibility index (Phi) is 6.16. The van der Waals surface area contributed by atoms with Crippen molar-refractivity contribution < 1.29 is 9.59 Å². The van der Waals surface area contributed by atoms with Gasteiger partial charge in [-0.2, -0.15) is 0 Å². The van der Waals surface area contributed by atoms with Crippen LogP contribution in [-0.2, 0) is 16.0 Å². The predicted octanol–water partition coefficient (Wildman–Crippen LogP) is 1.52. The summed E-state index contributed by atoms with van der Waals surface area (Å²) >= 11 is 0. The summed E-state index contributed by atoms with van der Waals surface area (Å²) in [7, 11) is 0. The molecule has 0 aliphatic carbocycles. The maximum atomic E-state index is 12.9. The van der Waals surface area contributed by atoms with Crippen LogP contribution in [0.4, 0.5) is 11.4 Å². The second kappa shape index (κ2) is 7.95. The van der Waals surface area contributed by atoms with Gasteiger partial charge in [-0.3, -0.25) is 9.59 Å². The van der Waals surface area contributed by atoms with Crippen LogP contribution in [0.2, 0.25) is 0 Å². The van der Waals surface area contributed by atoms with Crippen LogP contribution >= 0.6 is 12.4 Å². The van der Waals surface area contributed by atoms with E-state index in [1.165, 1.54) is 0 Å². The standard InChI is InChI=1S/C18H26N4O2.ClH/c1-13(18(24)21-11-9-20(10-12-21)14(2)23)22-8-4-5-15-16(19)6-3-7-17(15)22;/h3,6-7,13H,4-5,8-12,19H2,1-2H3;1H. The summed E-state index contributed by atoms with van der Waals surface area (Å²) in [5.41, 5.74) is 9.16. The van der Waals surface area contributed by atoms with Crippen LogP contribution in [0.1, 0.15) is 25.8 Å². The number of piperazine rings is 1. The van der Waals surface area contributed by atoms with E-state index in [-0.39, 0.29) is 30.3 Å². The second-order valence-electron chi connectivity index (χ2n) is 6.65. The first-order valence-corrected chi connectivity index (χ1v) is 8.67. The molecule has 0 saturated carbocycles. The summed E-state index contributed by atoms with van der Waals surface area (Å²) in [6.45, 7) is 6.89. The molecule has 2 heterocycles. The van der Waals surface area contributed by atoms with E-state index in [1.54, 1.807) is 11.8 Å². The number of hydrogen-bond acceptors (Lipinski definition) is 4. The molecule has 7 heteroatoms. The van der Waals surface area contributed by atoms with Crippen LogP contribution in [0.5, 0.6) is 0 Å². The molecule has 25 heavy (non-hydrogen) atoms. The van der Waals surface area contributed by atoms with Gasteiger partial charge in [0, 0.05) is 51.0 Å². The van der Waals surface area contributed by atoms with E-state index in [4.69, 9.17) is 5.73 Å². The van der Waals surface area contributed by atoms with Gasteiger partial charge < -0.3 is 20.4 Å². The van der Waals surface area contributed by atoms with Crippen molar-refractivity contribution >= 4 is 35.6 Å². The van der Waals surface area contributed by atoms with Crippen molar-refractivity contribution in [2.45, 2.75) is 32.7 Å². The first-order chi connectivity index (χ1) is 11.5. The highest BCUT2D eigenvalue weighted by Crippen LogP contribution is 2.32. The number of anilines is 2. The van der Waals surface area contributed by atoms with Gasteiger partial charge in [-0.1, -0.05) is 6.07 Å². The third-order valence-corrected chi connectivity index (χ3v) is 5.18. The average molecular weight is 367 g/mol. The quantitative estimate of drug-likeness (QED) is 0.806. The molecule has 1 fully saturated rings. The lowest BCUT2D eigenvalue weighted by atomic mass is 9.98.